The van der Waals surface area contributed by atoms with Crippen molar-refractivity contribution in [1.29, 1.82) is 0 Å². The molecule has 160 valence electrons. The van der Waals surface area contributed by atoms with Gasteiger partial charge in [-0.25, -0.2) is 0 Å². The Morgan fingerprint density at radius 1 is 0.655 bits per heavy atom. The maximum atomic E-state index is 12.5. The second-order valence-electron chi connectivity index (χ2n) is 9.88. The zero-order valence-electron chi connectivity index (χ0n) is 18.6. The molecule has 1 rings (SSSR count). The largest absolute Gasteiger partial charge is 0.422 e. The summed E-state index contributed by atoms with van der Waals surface area (Å²) in [5, 5.41) is 0. The molecule has 0 saturated heterocycles. The third-order valence-corrected chi connectivity index (χ3v) is 3.62. The quantitative estimate of drug-likeness (QED) is 0.416. The molecule has 0 radical (unpaired) electrons. The van der Waals surface area contributed by atoms with E-state index in [1.54, 1.807) is 62.3 Å². The minimum atomic E-state index is -0.875. The molecule has 0 fully saturated rings. The fraction of sp³-hybridized carbons (Fsp3) is 0.545. The van der Waals surface area contributed by atoms with Gasteiger partial charge in [0.2, 0.25) is 5.75 Å². The molecule has 0 aliphatic rings. The summed E-state index contributed by atoms with van der Waals surface area (Å²) in [7, 11) is 0. The van der Waals surface area contributed by atoms with Crippen LogP contribution in [0.2, 0.25) is 0 Å². The van der Waals surface area contributed by atoms with Crippen molar-refractivity contribution < 1.29 is 33.4 Å². The summed E-state index contributed by atoms with van der Waals surface area (Å²) in [5.41, 5.74) is -2.50. The van der Waals surface area contributed by atoms with Crippen LogP contribution in [0.1, 0.15) is 72.7 Å². The molecule has 1 aromatic carbocycles. The van der Waals surface area contributed by atoms with Crippen LogP contribution in [-0.2, 0) is 14.4 Å². The van der Waals surface area contributed by atoms with Gasteiger partial charge in [-0.1, -0.05) is 0 Å². The Bertz CT molecular complexity index is 766. The van der Waals surface area contributed by atoms with Gasteiger partial charge in [0, 0.05) is 5.56 Å². The predicted octanol–water partition coefficient (Wildman–Crippen LogP) is 4.35. The highest BCUT2D eigenvalue weighted by atomic mass is 16.6. The number of hydrogen-bond donors (Lipinski definition) is 0. The number of aldehydes is 1. The maximum absolute atomic E-state index is 12.5. The molecular weight excluding hydrogens is 376 g/mol. The number of carbonyl (C=O) groups excluding carboxylic acids is 4. The fourth-order valence-electron chi connectivity index (χ4n) is 1.67. The molecule has 7 nitrogen and oxygen atoms in total. The van der Waals surface area contributed by atoms with Gasteiger partial charge in [-0.15, -0.1) is 0 Å². The first-order valence-electron chi connectivity index (χ1n) is 9.27. The first-order valence-corrected chi connectivity index (χ1v) is 9.27. The summed E-state index contributed by atoms with van der Waals surface area (Å²) >= 11 is 0. The number of hydrogen-bond acceptors (Lipinski definition) is 7. The van der Waals surface area contributed by atoms with Crippen molar-refractivity contribution >= 4 is 24.2 Å². The fourth-order valence-corrected chi connectivity index (χ4v) is 1.67. The van der Waals surface area contributed by atoms with Crippen LogP contribution >= 0.6 is 0 Å². The van der Waals surface area contributed by atoms with E-state index in [9.17, 15) is 19.2 Å². The number of ether oxygens (including phenoxy) is 3. The second-order valence-corrected chi connectivity index (χ2v) is 9.88. The average Bonchev–Trinajstić information content (AvgIpc) is 2.54. The Labute approximate surface area is 171 Å². The summed E-state index contributed by atoms with van der Waals surface area (Å²) in [6.07, 6.45) is 0.512. The van der Waals surface area contributed by atoms with Gasteiger partial charge < -0.3 is 14.2 Å². The van der Waals surface area contributed by atoms with E-state index >= 15 is 0 Å². The highest BCUT2D eigenvalue weighted by Crippen LogP contribution is 2.41. The standard InChI is InChI=1S/C22H30O7/c1-20(2,3)17(24)27-14-10-13(12-23)11-15(28-18(25)21(4,5)6)16(14)29-19(26)22(7,8)9/h10-12H,1-9H3. The van der Waals surface area contributed by atoms with Crippen LogP contribution in [0.25, 0.3) is 0 Å². The van der Waals surface area contributed by atoms with E-state index in [2.05, 4.69) is 0 Å². The molecule has 0 spiro atoms. The first-order chi connectivity index (χ1) is 13.0. The lowest BCUT2D eigenvalue weighted by atomic mass is 9.97. The van der Waals surface area contributed by atoms with Gasteiger partial charge in [-0.05, 0) is 74.4 Å². The Hall–Kier alpha value is -2.70. The summed E-state index contributed by atoms with van der Waals surface area (Å²) in [6, 6.07) is 2.52. The van der Waals surface area contributed by atoms with E-state index in [0.717, 1.165) is 0 Å². The van der Waals surface area contributed by atoms with Gasteiger partial charge in [-0.2, -0.15) is 0 Å². The van der Waals surface area contributed by atoms with Crippen LogP contribution < -0.4 is 14.2 Å². The van der Waals surface area contributed by atoms with Gasteiger partial charge in [0.25, 0.3) is 0 Å². The van der Waals surface area contributed by atoms with Crippen LogP contribution in [0.3, 0.4) is 0 Å². The van der Waals surface area contributed by atoms with Crippen molar-refractivity contribution in [1.82, 2.24) is 0 Å². The number of esters is 3. The molecule has 0 bridgehead atoms. The molecule has 0 atom stereocenters. The molecule has 0 aromatic heterocycles. The molecule has 0 aliphatic carbocycles. The van der Waals surface area contributed by atoms with Crippen LogP contribution in [0.4, 0.5) is 0 Å². The SMILES string of the molecule is CC(C)(C)C(=O)Oc1cc(C=O)cc(OC(=O)C(C)(C)C)c1OC(=O)C(C)(C)C. The lowest BCUT2D eigenvalue weighted by Crippen LogP contribution is -2.29. The van der Waals surface area contributed by atoms with Crippen LogP contribution in [0.5, 0.6) is 17.2 Å². The van der Waals surface area contributed by atoms with Gasteiger partial charge in [0.15, 0.2) is 11.5 Å². The Balaban J connectivity index is 3.60. The van der Waals surface area contributed by atoms with Gasteiger partial charge in [0.05, 0.1) is 16.2 Å². The lowest BCUT2D eigenvalue weighted by Gasteiger charge is -2.23. The van der Waals surface area contributed by atoms with Crippen LogP contribution in [0, 0.1) is 16.2 Å². The van der Waals surface area contributed by atoms with Gasteiger partial charge >= 0.3 is 17.9 Å². The normalized spacial score (nSPS) is 12.2. The number of rotatable bonds is 4. The monoisotopic (exact) mass is 406 g/mol. The Morgan fingerprint density at radius 2 is 0.966 bits per heavy atom. The van der Waals surface area contributed by atoms with Gasteiger partial charge in [0.1, 0.15) is 6.29 Å². The molecule has 0 saturated carbocycles. The van der Waals surface area contributed by atoms with Crippen molar-refractivity contribution in [2.24, 2.45) is 16.2 Å². The van der Waals surface area contributed by atoms with Crippen molar-refractivity contribution in [3.05, 3.63) is 17.7 Å². The highest BCUT2D eigenvalue weighted by molar-refractivity contribution is 5.87. The molecule has 7 heteroatoms. The zero-order valence-corrected chi connectivity index (χ0v) is 18.6. The summed E-state index contributed by atoms with van der Waals surface area (Å²) in [5.74, 6) is -2.43. The third-order valence-electron chi connectivity index (χ3n) is 3.62. The third kappa shape index (κ3) is 6.69. The first kappa shape index (κ1) is 24.3. The van der Waals surface area contributed by atoms with Crippen LogP contribution in [0.15, 0.2) is 12.1 Å². The van der Waals surface area contributed by atoms with E-state index in [1.165, 1.54) is 12.1 Å². The van der Waals surface area contributed by atoms with Crippen molar-refractivity contribution in [2.45, 2.75) is 62.3 Å². The molecule has 0 aliphatic heterocycles. The average molecular weight is 406 g/mol. The van der Waals surface area contributed by atoms with Crippen LogP contribution in [-0.4, -0.2) is 24.2 Å². The van der Waals surface area contributed by atoms with E-state index < -0.39 is 34.2 Å². The molecule has 0 heterocycles. The summed E-state index contributed by atoms with van der Waals surface area (Å²) < 4.78 is 16.3. The number of benzene rings is 1. The molecule has 29 heavy (non-hydrogen) atoms. The molecule has 0 N–H and O–H groups in total. The second kappa shape index (κ2) is 8.35. The van der Waals surface area contributed by atoms with Crippen molar-refractivity contribution in [3.63, 3.8) is 0 Å². The van der Waals surface area contributed by atoms with E-state index in [-0.39, 0.29) is 22.8 Å². The topological polar surface area (TPSA) is 96.0 Å². The molecule has 0 unspecified atom stereocenters. The Morgan fingerprint density at radius 3 is 1.24 bits per heavy atom. The van der Waals surface area contributed by atoms with Crippen molar-refractivity contribution in [3.8, 4) is 17.2 Å². The molecule has 1 aromatic rings. The van der Waals surface area contributed by atoms with Crippen molar-refractivity contribution in [2.75, 3.05) is 0 Å². The predicted molar refractivity (Wildman–Crippen MR) is 107 cm³/mol. The van der Waals surface area contributed by atoms with E-state index in [4.69, 9.17) is 14.2 Å². The zero-order chi connectivity index (χ0) is 22.8. The minimum Gasteiger partial charge on any atom is -0.422 e. The maximum Gasteiger partial charge on any atom is 0.316 e. The lowest BCUT2D eigenvalue weighted by molar-refractivity contribution is -0.146. The molecule has 0 amide bonds. The van der Waals surface area contributed by atoms with E-state index in [1.807, 2.05) is 0 Å². The minimum absolute atomic E-state index is 0.0916. The highest BCUT2D eigenvalue weighted by Gasteiger charge is 2.32. The molecular formula is C22H30O7. The van der Waals surface area contributed by atoms with Gasteiger partial charge in [-0.3, -0.25) is 19.2 Å². The van der Waals surface area contributed by atoms with E-state index in [0.29, 0.717) is 6.29 Å². The summed E-state index contributed by atoms with van der Waals surface area (Å²) in [4.78, 5) is 48.7. The number of carbonyl (C=O) groups is 4. The Kier molecular flexibility index (Phi) is 7.01. The smallest absolute Gasteiger partial charge is 0.316 e. The summed E-state index contributed by atoms with van der Waals surface area (Å²) in [6.45, 7) is 14.9.